The number of hydrogen-bond acceptors (Lipinski definition) is 5. The van der Waals surface area contributed by atoms with E-state index < -0.39 is 23.7 Å². The van der Waals surface area contributed by atoms with Gasteiger partial charge in [-0.1, -0.05) is 0 Å². The Morgan fingerprint density at radius 1 is 1.30 bits per heavy atom. The average molecular weight is 166 g/mol. The highest BCUT2D eigenvalue weighted by Crippen LogP contribution is 2.22. The minimum Gasteiger partial charge on any atom is -0.394 e. The lowest BCUT2D eigenvalue weighted by molar-refractivity contribution is -0.00794. The molecule has 1 aliphatic heterocycles. The van der Waals surface area contributed by atoms with Crippen molar-refractivity contribution >= 4 is 12.6 Å². The van der Waals surface area contributed by atoms with Gasteiger partial charge in [0, 0.05) is 0 Å². The van der Waals surface area contributed by atoms with Gasteiger partial charge in [-0.05, 0) is 0 Å². The first-order chi connectivity index (χ1) is 4.66. The van der Waals surface area contributed by atoms with Gasteiger partial charge in [0.25, 0.3) is 0 Å². The van der Waals surface area contributed by atoms with Crippen LogP contribution in [0.25, 0.3) is 0 Å². The van der Waals surface area contributed by atoms with Crippen LogP contribution in [-0.2, 0) is 4.74 Å². The molecule has 0 aromatic carbocycles. The summed E-state index contributed by atoms with van der Waals surface area (Å²) in [6, 6.07) is 0. The lowest BCUT2D eigenvalue weighted by Gasteiger charge is -2.09. The highest BCUT2D eigenvalue weighted by molar-refractivity contribution is 7.80. The molecule has 0 spiro atoms. The molecule has 1 saturated heterocycles. The molecule has 0 bridgehead atoms. The van der Waals surface area contributed by atoms with Crippen LogP contribution in [0, 0.1) is 0 Å². The van der Waals surface area contributed by atoms with Crippen molar-refractivity contribution in [2.75, 3.05) is 6.61 Å². The summed E-state index contributed by atoms with van der Waals surface area (Å²) < 4.78 is 4.85. The Morgan fingerprint density at radius 3 is 2.10 bits per heavy atom. The second-order valence-electron chi connectivity index (χ2n) is 2.23. The van der Waals surface area contributed by atoms with Crippen LogP contribution >= 0.6 is 12.6 Å². The van der Waals surface area contributed by atoms with Crippen molar-refractivity contribution in [2.24, 2.45) is 0 Å². The third kappa shape index (κ3) is 1.28. The number of hydrogen-bond donors (Lipinski definition) is 4. The molecule has 4 atom stereocenters. The van der Waals surface area contributed by atoms with E-state index in [9.17, 15) is 0 Å². The molecule has 0 aliphatic carbocycles. The van der Waals surface area contributed by atoms with E-state index in [0.717, 1.165) is 0 Å². The molecule has 1 heterocycles. The van der Waals surface area contributed by atoms with E-state index in [0.29, 0.717) is 0 Å². The van der Waals surface area contributed by atoms with Crippen molar-refractivity contribution in [3.8, 4) is 0 Å². The van der Waals surface area contributed by atoms with Crippen molar-refractivity contribution in [3.05, 3.63) is 0 Å². The lowest BCUT2D eigenvalue weighted by atomic mass is 10.2. The maximum atomic E-state index is 9.04. The Hall–Kier alpha value is 0.190. The quantitative estimate of drug-likeness (QED) is 0.352. The molecule has 1 aliphatic rings. The third-order valence-electron chi connectivity index (χ3n) is 1.52. The van der Waals surface area contributed by atoms with Crippen LogP contribution in [0.15, 0.2) is 0 Å². The Morgan fingerprint density at radius 2 is 1.90 bits per heavy atom. The van der Waals surface area contributed by atoms with Crippen LogP contribution in [0.5, 0.6) is 0 Å². The summed E-state index contributed by atoms with van der Waals surface area (Å²) in [5.41, 5.74) is -0.688. The molecule has 0 aromatic rings. The fourth-order valence-electron chi connectivity index (χ4n) is 0.880. The zero-order valence-corrected chi connectivity index (χ0v) is 6.11. The van der Waals surface area contributed by atoms with Gasteiger partial charge in [0.1, 0.15) is 23.7 Å². The van der Waals surface area contributed by atoms with E-state index in [4.69, 9.17) is 20.1 Å². The summed E-state index contributed by atoms with van der Waals surface area (Å²) in [6.45, 7) is -0.296. The Labute approximate surface area is 63.8 Å². The molecular formula is C5H10O4S. The molecule has 60 valence electrons. The summed E-state index contributed by atoms with van der Waals surface area (Å²) in [4.78, 5) is 0. The maximum Gasteiger partial charge on any atom is 0.129 e. The van der Waals surface area contributed by atoms with E-state index in [2.05, 4.69) is 12.6 Å². The van der Waals surface area contributed by atoms with Crippen LogP contribution in [0.3, 0.4) is 0 Å². The van der Waals surface area contributed by atoms with Gasteiger partial charge in [-0.25, -0.2) is 0 Å². The minimum atomic E-state index is -1.02. The van der Waals surface area contributed by atoms with Gasteiger partial charge in [-0.3, -0.25) is 0 Å². The number of ether oxygens (including phenoxy) is 1. The summed E-state index contributed by atoms with van der Waals surface area (Å²) in [7, 11) is 0. The van der Waals surface area contributed by atoms with Crippen molar-refractivity contribution < 1.29 is 20.1 Å². The van der Waals surface area contributed by atoms with E-state index in [1.807, 2.05) is 0 Å². The second kappa shape index (κ2) is 3.06. The summed E-state index contributed by atoms with van der Waals surface area (Å²) >= 11 is 3.82. The van der Waals surface area contributed by atoms with Gasteiger partial charge in [0.2, 0.25) is 0 Å². The zero-order valence-electron chi connectivity index (χ0n) is 5.21. The van der Waals surface area contributed by atoms with E-state index in [1.165, 1.54) is 0 Å². The first-order valence-electron chi connectivity index (χ1n) is 2.97. The predicted octanol–water partition coefficient (Wildman–Crippen LogP) is -1.64. The van der Waals surface area contributed by atoms with Crippen molar-refractivity contribution in [1.82, 2.24) is 0 Å². The van der Waals surface area contributed by atoms with E-state index in [-0.39, 0.29) is 6.61 Å². The van der Waals surface area contributed by atoms with Gasteiger partial charge in [0.05, 0.1) is 6.61 Å². The van der Waals surface area contributed by atoms with Crippen LogP contribution in [0.1, 0.15) is 0 Å². The average Bonchev–Trinajstić information content (AvgIpc) is 2.17. The topological polar surface area (TPSA) is 69.9 Å². The fourth-order valence-corrected chi connectivity index (χ4v) is 1.21. The fraction of sp³-hybridized carbons (Fsp3) is 1.00. The first-order valence-corrected chi connectivity index (χ1v) is 3.49. The van der Waals surface area contributed by atoms with Crippen LogP contribution in [0.4, 0.5) is 0 Å². The van der Waals surface area contributed by atoms with Gasteiger partial charge < -0.3 is 20.1 Å². The third-order valence-corrected chi connectivity index (χ3v) is 1.94. The Balaban J connectivity index is 2.53. The highest BCUT2D eigenvalue weighted by Gasteiger charge is 2.40. The summed E-state index contributed by atoms with van der Waals surface area (Å²) in [5, 5.41) is 26.6. The Bertz CT molecular complexity index is 120. The molecule has 1 rings (SSSR count). The van der Waals surface area contributed by atoms with E-state index in [1.54, 1.807) is 0 Å². The highest BCUT2D eigenvalue weighted by atomic mass is 32.1. The molecule has 5 heteroatoms. The predicted molar refractivity (Wildman–Crippen MR) is 36.7 cm³/mol. The molecule has 1 unspecified atom stereocenters. The van der Waals surface area contributed by atoms with Crippen LogP contribution in [-0.4, -0.2) is 45.7 Å². The molecule has 1 fully saturated rings. The zero-order chi connectivity index (χ0) is 7.72. The summed E-state index contributed by atoms with van der Waals surface area (Å²) in [6.07, 6.45) is -2.72. The lowest BCUT2D eigenvalue weighted by Crippen LogP contribution is -2.32. The van der Waals surface area contributed by atoms with Gasteiger partial charge in [0.15, 0.2) is 0 Å². The van der Waals surface area contributed by atoms with Crippen LogP contribution in [0.2, 0.25) is 0 Å². The standard InChI is InChI=1S/C5H10O4S/c6-1-2-3(7)4(8)5(10)9-2/h2-8,10H,1H2/t2-,3?,4+,5+/m1/s1. The molecule has 0 radical (unpaired) electrons. The molecule has 0 aromatic heterocycles. The second-order valence-corrected chi connectivity index (χ2v) is 2.74. The van der Waals surface area contributed by atoms with Gasteiger partial charge >= 0.3 is 0 Å². The molecule has 3 N–H and O–H groups in total. The maximum absolute atomic E-state index is 9.04. The largest absolute Gasteiger partial charge is 0.394 e. The molecule has 0 amide bonds. The monoisotopic (exact) mass is 166 g/mol. The number of aliphatic hydroxyl groups is 3. The smallest absolute Gasteiger partial charge is 0.129 e. The summed E-state index contributed by atoms with van der Waals surface area (Å²) in [5.74, 6) is 0. The van der Waals surface area contributed by atoms with Crippen molar-refractivity contribution in [2.45, 2.75) is 23.7 Å². The molecule has 4 nitrogen and oxygen atoms in total. The van der Waals surface area contributed by atoms with Gasteiger partial charge in [-0.2, -0.15) is 0 Å². The van der Waals surface area contributed by atoms with Gasteiger partial charge in [-0.15, -0.1) is 12.6 Å². The number of rotatable bonds is 1. The van der Waals surface area contributed by atoms with Crippen LogP contribution < -0.4 is 0 Å². The minimum absolute atomic E-state index is 0.296. The van der Waals surface area contributed by atoms with Crippen molar-refractivity contribution in [3.63, 3.8) is 0 Å². The number of thiol groups is 1. The number of aliphatic hydroxyl groups excluding tert-OH is 3. The van der Waals surface area contributed by atoms with E-state index >= 15 is 0 Å². The SMILES string of the molecule is OC[C@H]1O[C@@H](S)[C@@H](O)C1O. The van der Waals surface area contributed by atoms with Crippen molar-refractivity contribution in [1.29, 1.82) is 0 Å². The molecule has 10 heavy (non-hydrogen) atoms. The molecule has 0 saturated carbocycles. The normalized spacial score (nSPS) is 48.0. The first kappa shape index (κ1) is 8.29. The molecular weight excluding hydrogens is 156 g/mol. The Kier molecular flexibility index (Phi) is 2.54.